The minimum Gasteiger partial charge on any atom is -0.492 e. The summed E-state index contributed by atoms with van der Waals surface area (Å²) in [5.74, 6) is 0.822. The molecule has 0 aliphatic heterocycles. The van der Waals surface area contributed by atoms with Gasteiger partial charge in [0.2, 0.25) is 0 Å². The van der Waals surface area contributed by atoms with Crippen molar-refractivity contribution in [3.8, 4) is 5.75 Å². The lowest BCUT2D eigenvalue weighted by Gasteiger charge is -2.19. The Morgan fingerprint density at radius 3 is 2.68 bits per heavy atom. The van der Waals surface area contributed by atoms with E-state index in [-0.39, 0.29) is 5.78 Å². The van der Waals surface area contributed by atoms with E-state index in [0.717, 1.165) is 41.0 Å². The molecule has 0 unspecified atom stereocenters. The summed E-state index contributed by atoms with van der Waals surface area (Å²) in [6.07, 6.45) is 8.74. The first kappa shape index (κ1) is 18.8. The molecule has 6 heteroatoms. The molecule has 0 atom stereocenters. The first-order chi connectivity index (χ1) is 13.6. The van der Waals surface area contributed by atoms with E-state index >= 15 is 0 Å². The van der Waals surface area contributed by atoms with Gasteiger partial charge >= 0.3 is 0 Å². The van der Waals surface area contributed by atoms with Crippen LogP contribution >= 0.6 is 23.2 Å². The van der Waals surface area contributed by atoms with Crippen LogP contribution in [0.4, 0.5) is 0 Å². The highest BCUT2D eigenvalue weighted by Gasteiger charge is 2.22. The number of ether oxygens (including phenoxy) is 1. The second kappa shape index (κ2) is 8.21. The van der Waals surface area contributed by atoms with Gasteiger partial charge in [0.25, 0.3) is 0 Å². The third kappa shape index (κ3) is 4.29. The van der Waals surface area contributed by atoms with Crippen LogP contribution in [0.2, 0.25) is 10.0 Å². The topological polar surface area (TPSA) is 44.1 Å². The minimum absolute atomic E-state index is 0.0438. The summed E-state index contributed by atoms with van der Waals surface area (Å²) >= 11 is 12.1. The summed E-state index contributed by atoms with van der Waals surface area (Å²) < 4.78 is 7.79. The number of rotatable bonds is 5. The van der Waals surface area contributed by atoms with E-state index in [1.807, 2.05) is 35.0 Å². The lowest BCUT2D eigenvalue weighted by atomic mass is 9.86. The highest BCUT2D eigenvalue weighted by atomic mass is 35.5. The van der Waals surface area contributed by atoms with Crippen LogP contribution in [0, 0.1) is 0 Å². The van der Waals surface area contributed by atoms with Crippen molar-refractivity contribution in [1.82, 2.24) is 9.55 Å². The summed E-state index contributed by atoms with van der Waals surface area (Å²) in [5.41, 5.74) is 3.35. The molecule has 0 saturated heterocycles. The summed E-state index contributed by atoms with van der Waals surface area (Å²) in [6, 6.07) is 11.0. The van der Waals surface area contributed by atoms with Crippen molar-refractivity contribution in [2.24, 2.45) is 0 Å². The number of aromatic nitrogens is 2. The van der Waals surface area contributed by atoms with Crippen LogP contribution in [0.3, 0.4) is 0 Å². The number of ketones is 1. The second-order valence-electron chi connectivity index (χ2n) is 6.67. The van der Waals surface area contributed by atoms with Crippen LogP contribution in [0.25, 0.3) is 6.08 Å². The predicted molar refractivity (Wildman–Crippen MR) is 111 cm³/mol. The SMILES string of the molecule is O=C1C(=Cc2cc(Cl)cc(Cl)c2)CCc2cc(OCCn3ccnc3)ccc21. The number of Topliss-reactive ketones (excluding diaryl/α,β-unsaturated/α-hetero) is 1. The summed E-state index contributed by atoms with van der Waals surface area (Å²) in [7, 11) is 0. The molecule has 4 nitrogen and oxygen atoms in total. The Morgan fingerprint density at radius 1 is 1.11 bits per heavy atom. The average Bonchev–Trinajstić information content (AvgIpc) is 3.17. The molecule has 0 fully saturated rings. The molecule has 0 spiro atoms. The van der Waals surface area contributed by atoms with Crippen LogP contribution in [0.5, 0.6) is 5.75 Å². The Balaban J connectivity index is 1.48. The van der Waals surface area contributed by atoms with E-state index in [2.05, 4.69) is 4.98 Å². The van der Waals surface area contributed by atoms with Gasteiger partial charge in [-0.25, -0.2) is 4.98 Å². The number of aryl methyl sites for hydroxylation is 1. The van der Waals surface area contributed by atoms with Gasteiger partial charge in [-0.15, -0.1) is 0 Å². The molecule has 0 N–H and O–H groups in total. The first-order valence-electron chi connectivity index (χ1n) is 9.01. The van der Waals surface area contributed by atoms with Crippen LogP contribution in [0.1, 0.15) is 27.9 Å². The normalized spacial score (nSPS) is 14.9. The van der Waals surface area contributed by atoms with E-state index in [4.69, 9.17) is 27.9 Å². The Labute approximate surface area is 173 Å². The summed E-state index contributed by atoms with van der Waals surface area (Å²) in [5, 5.41) is 1.11. The number of benzene rings is 2. The van der Waals surface area contributed by atoms with Crippen molar-refractivity contribution < 1.29 is 9.53 Å². The maximum absolute atomic E-state index is 12.9. The van der Waals surface area contributed by atoms with E-state index in [1.54, 1.807) is 30.7 Å². The number of carbonyl (C=O) groups excluding carboxylic acids is 1. The number of imidazole rings is 1. The van der Waals surface area contributed by atoms with Gasteiger partial charge < -0.3 is 9.30 Å². The quantitative estimate of drug-likeness (QED) is 0.520. The number of fused-ring (bicyclic) bond motifs is 1. The van der Waals surface area contributed by atoms with Gasteiger partial charge in [-0.2, -0.15) is 0 Å². The van der Waals surface area contributed by atoms with Crippen molar-refractivity contribution in [2.75, 3.05) is 6.61 Å². The predicted octanol–water partition coefficient (Wildman–Crippen LogP) is 5.48. The molecule has 1 aromatic heterocycles. The van der Waals surface area contributed by atoms with Crippen LogP contribution < -0.4 is 4.74 Å². The second-order valence-corrected chi connectivity index (χ2v) is 7.54. The smallest absolute Gasteiger partial charge is 0.189 e. The molecule has 0 radical (unpaired) electrons. The lowest BCUT2D eigenvalue weighted by molar-refractivity contribution is 0.102. The van der Waals surface area contributed by atoms with Gasteiger partial charge in [0, 0.05) is 33.6 Å². The highest BCUT2D eigenvalue weighted by Crippen LogP contribution is 2.30. The van der Waals surface area contributed by atoms with Crippen LogP contribution in [-0.4, -0.2) is 21.9 Å². The molecular weight excluding hydrogens is 395 g/mol. The summed E-state index contributed by atoms with van der Waals surface area (Å²) in [4.78, 5) is 16.9. The van der Waals surface area contributed by atoms with E-state index in [9.17, 15) is 4.79 Å². The van der Waals surface area contributed by atoms with Gasteiger partial charge in [-0.05, 0) is 66.4 Å². The summed E-state index contributed by atoms with van der Waals surface area (Å²) in [6.45, 7) is 1.27. The molecule has 0 amide bonds. The minimum atomic E-state index is 0.0438. The maximum Gasteiger partial charge on any atom is 0.189 e. The number of allylic oxidation sites excluding steroid dienone is 1. The molecule has 28 heavy (non-hydrogen) atoms. The number of halogens is 2. The Bertz CT molecular complexity index is 1020. The van der Waals surface area contributed by atoms with Crippen molar-refractivity contribution in [3.05, 3.63) is 87.4 Å². The van der Waals surface area contributed by atoms with Gasteiger partial charge in [-0.1, -0.05) is 23.2 Å². The molecule has 1 aliphatic carbocycles. The average molecular weight is 413 g/mol. The van der Waals surface area contributed by atoms with E-state index in [0.29, 0.717) is 23.1 Å². The molecular formula is C22H18Cl2N2O2. The molecule has 142 valence electrons. The Kier molecular flexibility index (Phi) is 5.51. The van der Waals surface area contributed by atoms with Gasteiger partial charge in [0.1, 0.15) is 12.4 Å². The van der Waals surface area contributed by atoms with Gasteiger partial charge in [0.15, 0.2) is 5.78 Å². The zero-order valence-electron chi connectivity index (χ0n) is 15.1. The number of hydrogen-bond donors (Lipinski definition) is 0. The highest BCUT2D eigenvalue weighted by molar-refractivity contribution is 6.34. The fraction of sp³-hybridized carbons (Fsp3) is 0.182. The fourth-order valence-corrected chi connectivity index (χ4v) is 3.87. The standard InChI is InChI=1S/C22H18Cl2N2O2/c23-18-10-15(11-19(24)13-18)9-17-2-1-16-12-20(3-4-21(16)22(17)27)28-8-7-26-6-5-25-14-26/h3-6,9-14H,1-2,7-8H2. The molecule has 2 aromatic carbocycles. The molecule has 3 aromatic rings. The number of nitrogens with zero attached hydrogens (tertiary/aromatic N) is 2. The molecule has 1 heterocycles. The first-order valence-corrected chi connectivity index (χ1v) is 9.77. The van der Waals surface area contributed by atoms with Gasteiger partial charge in [0.05, 0.1) is 12.9 Å². The van der Waals surface area contributed by atoms with Crippen molar-refractivity contribution in [2.45, 2.75) is 19.4 Å². The Morgan fingerprint density at radius 2 is 1.93 bits per heavy atom. The zero-order valence-corrected chi connectivity index (χ0v) is 16.6. The number of carbonyl (C=O) groups is 1. The van der Waals surface area contributed by atoms with Crippen molar-refractivity contribution >= 4 is 35.1 Å². The van der Waals surface area contributed by atoms with Crippen LogP contribution in [0.15, 0.2) is 60.7 Å². The third-order valence-corrected chi connectivity index (χ3v) is 5.12. The maximum atomic E-state index is 12.9. The molecule has 1 aliphatic rings. The zero-order chi connectivity index (χ0) is 19.5. The van der Waals surface area contributed by atoms with Crippen molar-refractivity contribution in [3.63, 3.8) is 0 Å². The van der Waals surface area contributed by atoms with Gasteiger partial charge in [-0.3, -0.25) is 4.79 Å². The lowest BCUT2D eigenvalue weighted by Crippen LogP contribution is -2.14. The van der Waals surface area contributed by atoms with E-state index < -0.39 is 0 Å². The fourth-order valence-electron chi connectivity index (χ4n) is 3.33. The third-order valence-electron chi connectivity index (χ3n) is 4.68. The van der Waals surface area contributed by atoms with E-state index in [1.165, 1.54) is 0 Å². The molecule has 0 bridgehead atoms. The molecule has 0 saturated carbocycles. The monoisotopic (exact) mass is 412 g/mol. The van der Waals surface area contributed by atoms with Crippen molar-refractivity contribution in [1.29, 1.82) is 0 Å². The largest absolute Gasteiger partial charge is 0.492 e. The Hall–Kier alpha value is -2.56. The number of hydrogen-bond acceptors (Lipinski definition) is 3. The van der Waals surface area contributed by atoms with Crippen LogP contribution in [-0.2, 0) is 13.0 Å². The molecule has 4 rings (SSSR count).